The number of sulfonamides is 1. The van der Waals surface area contributed by atoms with Crippen LogP contribution in [0.5, 0.6) is 11.6 Å². The number of pyridine rings is 2. The molecule has 0 saturated carbocycles. The van der Waals surface area contributed by atoms with Gasteiger partial charge < -0.3 is 9.47 Å². The van der Waals surface area contributed by atoms with Gasteiger partial charge in [-0.15, -0.1) is 0 Å². The van der Waals surface area contributed by atoms with Crippen LogP contribution in [-0.2, 0) is 10.0 Å². The van der Waals surface area contributed by atoms with Gasteiger partial charge in [0, 0.05) is 26.6 Å². The molecule has 3 rings (SSSR count). The zero-order valence-corrected chi connectivity index (χ0v) is 22.2. The molecule has 0 bridgehead atoms. The predicted molar refractivity (Wildman–Crippen MR) is 139 cm³/mol. The summed E-state index contributed by atoms with van der Waals surface area (Å²) in [5, 5.41) is -0.401. The van der Waals surface area contributed by atoms with E-state index >= 15 is 0 Å². The number of aromatic nitrogens is 2. The molecule has 2 aromatic heterocycles. The number of halogens is 4. The van der Waals surface area contributed by atoms with E-state index in [1.54, 1.807) is 13.0 Å². The van der Waals surface area contributed by atoms with Crippen molar-refractivity contribution in [3.63, 3.8) is 0 Å². The molecule has 0 fully saturated rings. The Morgan fingerprint density at radius 1 is 1.08 bits per heavy atom. The highest BCUT2D eigenvalue weighted by Crippen LogP contribution is 2.29. The zero-order chi connectivity index (χ0) is 28.8. The van der Waals surface area contributed by atoms with E-state index < -0.39 is 58.3 Å². The van der Waals surface area contributed by atoms with E-state index in [1.165, 1.54) is 36.4 Å². The Kier molecular flexibility index (Phi) is 9.49. The summed E-state index contributed by atoms with van der Waals surface area (Å²) in [5.74, 6) is -1.78. The molecule has 1 N–H and O–H groups in total. The molecule has 0 aliphatic heterocycles. The minimum atomic E-state index is -4.41. The van der Waals surface area contributed by atoms with Gasteiger partial charge in [-0.05, 0) is 55.7 Å². The number of rotatable bonds is 11. The summed E-state index contributed by atoms with van der Waals surface area (Å²) in [4.78, 5) is 21.0. The Hall–Kier alpha value is -3.74. The Morgan fingerprint density at radius 2 is 1.82 bits per heavy atom. The van der Waals surface area contributed by atoms with Gasteiger partial charge in [-0.25, -0.2) is 19.1 Å². The van der Waals surface area contributed by atoms with Crippen LogP contribution in [-0.4, -0.2) is 43.7 Å². The van der Waals surface area contributed by atoms with Gasteiger partial charge in [0.15, 0.2) is 5.03 Å². The van der Waals surface area contributed by atoms with Crippen LogP contribution in [0.25, 0.3) is 11.3 Å². The first-order valence-corrected chi connectivity index (χ1v) is 13.4. The molecule has 2 heterocycles. The molecule has 0 aliphatic carbocycles. The number of ether oxygens (including phenoxy) is 2. The summed E-state index contributed by atoms with van der Waals surface area (Å²) < 4.78 is 90.3. The minimum absolute atomic E-state index is 0. The smallest absolute Gasteiger partial charge is 0.389 e. The molecular weight excluding hydrogens is 542 g/mol. The van der Waals surface area contributed by atoms with Gasteiger partial charge in [0.05, 0.1) is 18.9 Å². The Bertz CT molecular complexity index is 1440. The third-order valence-electron chi connectivity index (χ3n) is 5.06. The summed E-state index contributed by atoms with van der Waals surface area (Å²) in [6, 6.07) is 10.6. The number of aryl methyl sites for hydroxylation is 1. The van der Waals surface area contributed by atoms with Crippen LogP contribution in [0, 0.1) is 18.7 Å². The third kappa shape index (κ3) is 8.91. The Morgan fingerprint density at radius 3 is 2.49 bits per heavy atom. The number of benzene rings is 1. The van der Waals surface area contributed by atoms with E-state index in [0.29, 0.717) is 12.3 Å². The van der Waals surface area contributed by atoms with Crippen molar-refractivity contribution in [3.05, 3.63) is 65.6 Å². The van der Waals surface area contributed by atoms with Gasteiger partial charge in [0.1, 0.15) is 17.1 Å². The monoisotopic (exact) mass is 573 g/mol. The second kappa shape index (κ2) is 12.4. The first kappa shape index (κ1) is 29.8. The number of carbonyl (C=O) groups excluding carboxylic acids is 1. The van der Waals surface area contributed by atoms with Crippen molar-refractivity contribution in [1.29, 1.82) is 0 Å². The van der Waals surface area contributed by atoms with Crippen LogP contribution in [0.3, 0.4) is 0 Å². The molecule has 1 aromatic carbocycles. The molecule has 39 heavy (non-hydrogen) atoms. The zero-order valence-electron chi connectivity index (χ0n) is 21.4. The third-order valence-corrected chi connectivity index (χ3v) is 6.30. The molecule has 0 spiro atoms. The fourth-order valence-electron chi connectivity index (χ4n) is 3.28. The quantitative estimate of drug-likeness (QED) is 0.223. The summed E-state index contributed by atoms with van der Waals surface area (Å²) in [5.41, 5.74) is 0.415. The number of alkyl halides is 3. The standard InChI is InChI=1S/C26H27F4N3O5S.2H2/c1-16(2)15-38-20-13-18(12-19(27)14-20)22-9-8-21(25(32-22)37-11-5-10-26(28,29)30)24(34)33-39(35,36)23-7-4-6-17(3)31-23;;/h4,6-9,12-14,16H,5,10-11,15H2,1-3H3,(H,33,34);2*1H. The fraction of sp³-hybridized carbons (Fsp3) is 0.346. The lowest BCUT2D eigenvalue weighted by Crippen LogP contribution is -2.31. The number of hydrogen-bond donors (Lipinski definition) is 1. The van der Waals surface area contributed by atoms with Crippen molar-refractivity contribution in [2.75, 3.05) is 13.2 Å². The molecule has 0 radical (unpaired) electrons. The fourth-order valence-corrected chi connectivity index (χ4v) is 4.26. The van der Waals surface area contributed by atoms with E-state index in [4.69, 9.17) is 9.47 Å². The van der Waals surface area contributed by atoms with Crippen LogP contribution in [0.1, 0.15) is 45.6 Å². The highest BCUT2D eigenvalue weighted by Gasteiger charge is 2.27. The van der Waals surface area contributed by atoms with Crippen LogP contribution < -0.4 is 14.2 Å². The van der Waals surface area contributed by atoms with Crippen molar-refractivity contribution < 1.29 is 43.1 Å². The SMILES string of the molecule is Cc1cccc(S(=O)(=O)NC(=O)c2ccc(-c3cc(F)cc(OCC(C)C)c3)nc2OCCCC(F)(F)F)n1.[HH].[HH]. The van der Waals surface area contributed by atoms with Gasteiger partial charge in [0.25, 0.3) is 15.9 Å². The topological polar surface area (TPSA) is 107 Å². The van der Waals surface area contributed by atoms with Crippen LogP contribution >= 0.6 is 0 Å². The second-order valence-corrected chi connectivity index (χ2v) is 10.7. The number of amides is 1. The maximum absolute atomic E-state index is 14.3. The first-order valence-electron chi connectivity index (χ1n) is 11.9. The first-order chi connectivity index (χ1) is 18.2. The molecule has 0 unspecified atom stereocenters. The molecule has 0 saturated heterocycles. The normalized spacial score (nSPS) is 11.9. The van der Waals surface area contributed by atoms with Crippen molar-refractivity contribution >= 4 is 15.9 Å². The molecular formula is C26H31F4N3O5S. The number of hydrogen-bond acceptors (Lipinski definition) is 7. The van der Waals surface area contributed by atoms with E-state index in [-0.39, 0.29) is 31.3 Å². The van der Waals surface area contributed by atoms with Crippen molar-refractivity contribution in [2.24, 2.45) is 5.92 Å². The second-order valence-electron chi connectivity index (χ2n) is 9.05. The lowest BCUT2D eigenvalue weighted by Gasteiger charge is -2.14. The molecule has 1 amide bonds. The van der Waals surface area contributed by atoms with Crippen molar-refractivity contribution in [1.82, 2.24) is 14.7 Å². The number of nitrogens with zero attached hydrogens (tertiary/aromatic N) is 2. The molecule has 0 aliphatic rings. The van der Waals surface area contributed by atoms with Gasteiger partial charge in [0.2, 0.25) is 5.88 Å². The highest BCUT2D eigenvalue weighted by atomic mass is 32.2. The summed E-state index contributed by atoms with van der Waals surface area (Å²) in [6.07, 6.45) is -5.99. The minimum Gasteiger partial charge on any atom is -0.493 e. The van der Waals surface area contributed by atoms with Crippen LogP contribution in [0.15, 0.2) is 53.6 Å². The molecule has 3 aromatic rings. The predicted octanol–water partition coefficient (Wildman–Crippen LogP) is 5.96. The van der Waals surface area contributed by atoms with E-state index in [0.717, 1.165) is 6.07 Å². The lowest BCUT2D eigenvalue weighted by atomic mass is 10.1. The van der Waals surface area contributed by atoms with E-state index in [9.17, 15) is 30.8 Å². The molecule has 0 atom stereocenters. The average Bonchev–Trinajstić information content (AvgIpc) is 2.84. The molecule has 8 nitrogen and oxygen atoms in total. The molecule has 13 heteroatoms. The van der Waals surface area contributed by atoms with Crippen LogP contribution in [0.2, 0.25) is 0 Å². The van der Waals surface area contributed by atoms with Crippen LogP contribution in [0.4, 0.5) is 17.6 Å². The van der Waals surface area contributed by atoms with E-state index in [1.807, 2.05) is 18.6 Å². The molecule has 214 valence electrons. The number of nitrogens with one attached hydrogen (secondary N) is 1. The van der Waals surface area contributed by atoms with Crippen molar-refractivity contribution in [2.45, 2.75) is 44.8 Å². The average molecular weight is 574 g/mol. The maximum Gasteiger partial charge on any atom is 0.389 e. The van der Waals surface area contributed by atoms with E-state index in [2.05, 4.69) is 9.97 Å². The van der Waals surface area contributed by atoms with Crippen molar-refractivity contribution in [3.8, 4) is 22.9 Å². The van der Waals surface area contributed by atoms with Gasteiger partial charge in [-0.1, -0.05) is 19.9 Å². The summed E-state index contributed by atoms with van der Waals surface area (Å²) in [7, 11) is -4.39. The number of carbonyl (C=O) groups is 1. The maximum atomic E-state index is 14.3. The lowest BCUT2D eigenvalue weighted by molar-refractivity contribution is -0.136. The van der Waals surface area contributed by atoms with Gasteiger partial charge in [-0.3, -0.25) is 4.79 Å². The summed E-state index contributed by atoms with van der Waals surface area (Å²) >= 11 is 0. The Balaban J connectivity index is 0.00000420. The largest absolute Gasteiger partial charge is 0.493 e. The van der Waals surface area contributed by atoms with Gasteiger partial charge in [-0.2, -0.15) is 21.6 Å². The highest BCUT2D eigenvalue weighted by molar-refractivity contribution is 7.90. The van der Waals surface area contributed by atoms with Gasteiger partial charge >= 0.3 is 6.18 Å². The Labute approximate surface area is 226 Å². The summed E-state index contributed by atoms with van der Waals surface area (Å²) in [6.45, 7) is 5.27.